The number of nitrogens with zero attached hydrogens (tertiary/aromatic N) is 4. The summed E-state index contributed by atoms with van der Waals surface area (Å²) in [7, 11) is 0. The van der Waals surface area contributed by atoms with E-state index in [2.05, 4.69) is 10.1 Å². The van der Waals surface area contributed by atoms with Gasteiger partial charge in [-0.1, -0.05) is 12.1 Å². The Morgan fingerprint density at radius 3 is 2.62 bits per heavy atom. The predicted molar refractivity (Wildman–Crippen MR) is 112 cm³/mol. The van der Waals surface area contributed by atoms with E-state index in [4.69, 9.17) is 9.47 Å². The third kappa shape index (κ3) is 2.57. The summed E-state index contributed by atoms with van der Waals surface area (Å²) >= 11 is 0. The lowest BCUT2D eigenvalue weighted by Crippen LogP contribution is -2.34. The van der Waals surface area contributed by atoms with Gasteiger partial charge in [-0.25, -0.2) is 19.2 Å². The van der Waals surface area contributed by atoms with Gasteiger partial charge in [0.1, 0.15) is 5.56 Å². The lowest BCUT2D eigenvalue weighted by atomic mass is 9.81. The number of carbonyl (C=O) groups excluding carboxylic acids is 3. The van der Waals surface area contributed by atoms with Crippen molar-refractivity contribution in [2.45, 2.75) is 32.0 Å². The molecule has 5 heterocycles. The number of hydrogen-bond donors (Lipinski definition) is 0. The van der Waals surface area contributed by atoms with Gasteiger partial charge in [-0.2, -0.15) is 5.10 Å². The van der Waals surface area contributed by atoms with E-state index in [9.17, 15) is 14.4 Å². The standard InChI is InChI=1S/C23H20N4O5/c1-2-31-23(30)14-11-25-27-15(8-9-24-20(14)27)12-4-3-5-13(10-12)26-21(28)18-16-6-7-17(32-16)19(18)22(26)29/h3-5,8-11,16-19H,2,6-7H2,1H3/t16-,17-,18+,19+/m1/s1. The minimum Gasteiger partial charge on any atom is -0.462 e. The number of esters is 1. The van der Waals surface area contributed by atoms with Crippen molar-refractivity contribution < 1.29 is 23.9 Å². The zero-order valence-electron chi connectivity index (χ0n) is 17.3. The van der Waals surface area contributed by atoms with Crippen LogP contribution < -0.4 is 4.90 Å². The highest BCUT2D eigenvalue weighted by atomic mass is 16.5. The lowest BCUT2D eigenvalue weighted by molar-refractivity contribution is -0.124. The summed E-state index contributed by atoms with van der Waals surface area (Å²) in [5, 5.41) is 4.32. The molecule has 32 heavy (non-hydrogen) atoms. The molecular formula is C23H20N4O5. The Bertz CT molecular complexity index is 1260. The van der Waals surface area contributed by atoms with E-state index >= 15 is 0 Å². The van der Waals surface area contributed by atoms with E-state index < -0.39 is 5.97 Å². The predicted octanol–water partition coefficient (Wildman–Crippen LogP) is 2.24. The summed E-state index contributed by atoms with van der Waals surface area (Å²) in [5.41, 5.74) is 2.59. The largest absolute Gasteiger partial charge is 0.462 e. The van der Waals surface area contributed by atoms with Crippen LogP contribution in [0.25, 0.3) is 16.9 Å². The van der Waals surface area contributed by atoms with Crippen LogP contribution in [0.3, 0.4) is 0 Å². The molecule has 0 aliphatic carbocycles. The fourth-order valence-corrected chi connectivity index (χ4v) is 5.23. The fourth-order valence-electron chi connectivity index (χ4n) is 5.23. The molecule has 0 N–H and O–H groups in total. The average Bonchev–Trinajstić information content (AvgIpc) is 3.56. The van der Waals surface area contributed by atoms with Gasteiger partial charge in [0.05, 0.1) is 48.2 Å². The van der Waals surface area contributed by atoms with E-state index in [0.717, 1.165) is 18.4 Å². The summed E-state index contributed by atoms with van der Waals surface area (Å²) in [6.07, 6.45) is 4.37. The smallest absolute Gasteiger partial charge is 0.343 e. The molecule has 9 nitrogen and oxygen atoms in total. The van der Waals surface area contributed by atoms with Gasteiger partial charge in [-0.05, 0) is 38.0 Å². The van der Waals surface area contributed by atoms with E-state index in [1.807, 2.05) is 6.07 Å². The van der Waals surface area contributed by atoms with Gasteiger partial charge < -0.3 is 9.47 Å². The van der Waals surface area contributed by atoms with Crippen LogP contribution >= 0.6 is 0 Å². The highest BCUT2D eigenvalue weighted by Gasteiger charge is 2.62. The van der Waals surface area contributed by atoms with E-state index in [-0.39, 0.29) is 48.0 Å². The quantitative estimate of drug-likeness (QED) is 0.460. The number of imide groups is 1. The summed E-state index contributed by atoms with van der Waals surface area (Å²) < 4.78 is 12.5. The van der Waals surface area contributed by atoms with Crippen LogP contribution in [0, 0.1) is 11.8 Å². The zero-order valence-corrected chi connectivity index (χ0v) is 17.3. The van der Waals surface area contributed by atoms with Crippen LogP contribution in [0.1, 0.15) is 30.1 Å². The molecule has 4 atom stereocenters. The Kier molecular flexibility index (Phi) is 4.16. The van der Waals surface area contributed by atoms with Gasteiger partial charge in [-0.3, -0.25) is 9.59 Å². The van der Waals surface area contributed by atoms with Crippen LogP contribution in [0.4, 0.5) is 5.69 Å². The second kappa shape index (κ2) is 6.96. The second-order valence-corrected chi connectivity index (χ2v) is 8.25. The Morgan fingerprint density at radius 1 is 1.16 bits per heavy atom. The van der Waals surface area contributed by atoms with Gasteiger partial charge in [0.25, 0.3) is 0 Å². The first kappa shape index (κ1) is 19.1. The summed E-state index contributed by atoms with van der Waals surface area (Å²) in [6, 6.07) is 8.98. The number of aromatic nitrogens is 3. The van der Waals surface area contributed by atoms with Crippen molar-refractivity contribution in [3.05, 3.63) is 48.3 Å². The van der Waals surface area contributed by atoms with Crippen molar-refractivity contribution in [1.82, 2.24) is 14.6 Å². The number of amides is 2. The van der Waals surface area contributed by atoms with Gasteiger partial charge in [-0.15, -0.1) is 0 Å². The second-order valence-electron chi connectivity index (χ2n) is 8.25. The molecule has 1 aromatic carbocycles. The topological polar surface area (TPSA) is 103 Å². The SMILES string of the molecule is CCOC(=O)c1cnn2c(-c3cccc(N4C(=O)[C@@H]5[C@@H](C4=O)[C@H]4CC[C@H]5O4)c3)ccnc12. The van der Waals surface area contributed by atoms with E-state index in [1.165, 1.54) is 11.1 Å². The van der Waals surface area contributed by atoms with Crippen molar-refractivity contribution in [1.29, 1.82) is 0 Å². The van der Waals surface area contributed by atoms with Crippen molar-refractivity contribution in [3.63, 3.8) is 0 Å². The Labute approximate surface area is 182 Å². The van der Waals surface area contributed by atoms with Gasteiger partial charge in [0, 0.05) is 11.8 Å². The number of benzene rings is 1. The Balaban J connectivity index is 1.39. The van der Waals surface area contributed by atoms with Gasteiger partial charge in [0.15, 0.2) is 5.65 Å². The van der Waals surface area contributed by atoms with Crippen LogP contribution in [0.5, 0.6) is 0 Å². The molecule has 6 rings (SSSR count). The number of ether oxygens (including phenoxy) is 2. The maximum absolute atomic E-state index is 13.1. The normalized spacial score (nSPS) is 26.2. The molecule has 9 heteroatoms. The monoisotopic (exact) mass is 432 g/mol. The molecule has 0 saturated carbocycles. The van der Waals surface area contributed by atoms with Crippen molar-refractivity contribution >= 4 is 29.1 Å². The minimum atomic E-state index is -0.488. The summed E-state index contributed by atoms with van der Waals surface area (Å²) in [6.45, 7) is 1.99. The lowest BCUT2D eigenvalue weighted by Gasteiger charge is -2.18. The van der Waals surface area contributed by atoms with Crippen LogP contribution in [-0.4, -0.2) is 51.2 Å². The average molecular weight is 432 g/mol. The maximum atomic E-state index is 13.1. The van der Waals surface area contributed by atoms with Gasteiger partial charge in [0.2, 0.25) is 11.8 Å². The Hall–Kier alpha value is -3.59. The van der Waals surface area contributed by atoms with E-state index in [1.54, 1.807) is 41.9 Å². The third-order valence-corrected chi connectivity index (χ3v) is 6.58. The number of hydrogen-bond acceptors (Lipinski definition) is 7. The molecule has 3 aliphatic rings. The van der Waals surface area contributed by atoms with Crippen LogP contribution in [0.2, 0.25) is 0 Å². The molecule has 0 spiro atoms. The van der Waals surface area contributed by atoms with Crippen LogP contribution in [0.15, 0.2) is 42.7 Å². The molecule has 2 amide bonds. The zero-order chi connectivity index (χ0) is 22.0. The molecule has 3 saturated heterocycles. The highest BCUT2D eigenvalue weighted by Crippen LogP contribution is 2.49. The molecule has 0 radical (unpaired) electrons. The molecule has 3 aromatic rings. The van der Waals surface area contributed by atoms with Crippen molar-refractivity contribution in [3.8, 4) is 11.3 Å². The molecule has 2 aromatic heterocycles. The molecule has 0 unspecified atom stereocenters. The first-order chi connectivity index (χ1) is 15.6. The number of rotatable bonds is 4. The molecule has 3 fully saturated rings. The number of fused-ring (bicyclic) bond motifs is 6. The van der Waals surface area contributed by atoms with Crippen molar-refractivity contribution in [2.75, 3.05) is 11.5 Å². The number of carbonyl (C=O) groups is 3. The van der Waals surface area contributed by atoms with E-state index in [0.29, 0.717) is 17.0 Å². The van der Waals surface area contributed by atoms with Gasteiger partial charge >= 0.3 is 5.97 Å². The first-order valence-corrected chi connectivity index (χ1v) is 10.7. The molecule has 3 aliphatic heterocycles. The first-order valence-electron chi connectivity index (χ1n) is 10.7. The fraction of sp³-hybridized carbons (Fsp3) is 0.348. The van der Waals surface area contributed by atoms with Crippen molar-refractivity contribution in [2.24, 2.45) is 11.8 Å². The summed E-state index contributed by atoms with van der Waals surface area (Å²) in [5.74, 6) is -1.62. The minimum absolute atomic E-state index is 0.153. The third-order valence-electron chi connectivity index (χ3n) is 6.58. The molecule has 2 bridgehead atoms. The molecular weight excluding hydrogens is 412 g/mol. The summed E-state index contributed by atoms with van der Waals surface area (Å²) in [4.78, 5) is 44.1. The molecule has 162 valence electrons. The highest BCUT2D eigenvalue weighted by molar-refractivity contribution is 6.23. The maximum Gasteiger partial charge on any atom is 0.343 e. The number of anilines is 1. The van der Waals surface area contributed by atoms with Crippen LogP contribution in [-0.2, 0) is 19.1 Å². The Morgan fingerprint density at radius 2 is 1.91 bits per heavy atom.